The van der Waals surface area contributed by atoms with Gasteiger partial charge >= 0.3 is 7.12 Å². The molecule has 2 rings (SSSR count). The number of hydrogen-bond donors (Lipinski definition) is 0. The maximum atomic E-state index is 5.79. The normalized spacial score (nSPS) is 11.8. The largest absolute Gasteiger partial charge is 0.557 e. The van der Waals surface area contributed by atoms with E-state index in [1.165, 1.54) is 6.26 Å². The fourth-order valence-electron chi connectivity index (χ4n) is 1.60. The zero-order chi connectivity index (χ0) is 13.5. The molecule has 0 fully saturated rings. The third-order valence-electron chi connectivity index (χ3n) is 2.46. The number of hydrogen-bond acceptors (Lipinski definition) is 4. The van der Waals surface area contributed by atoms with Crippen LogP contribution in [-0.2, 0) is 4.65 Å². The Morgan fingerprint density at radius 2 is 2.00 bits per heavy atom. The molecule has 0 radical (unpaired) electrons. The molecule has 19 heavy (non-hydrogen) atoms. The lowest BCUT2D eigenvalue weighted by Crippen LogP contribution is -2.26. The highest BCUT2D eigenvalue weighted by atomic mass is 16.6. The summed E-state index contributed by atoms with van der Waals surface area (Å²) in [6, 6.07) is 7.10. The molecule has 2 aromatic rings. The van der Waals surface area contributed by atoms with Crippen molar-refractivity contribution in [2.75, 3.05) is 0 Å². The van der Waals surface area contributed by atoms with Crippen molar-refractivity contribution >= 4 is 7.12 Å². The second-order valence-electron chi connectivity index (χ2n) is 3.82. The molecule has 0 aliphatic rings. The van der Waals surface area contributed by atoms with Crippen LogP contribution in [0.3, 0.4) is 0 Å². The first-order chi connectivity index (χ1) is 9.33. The van der Waals surface area contributed by atoms with Gasteiger partial charge in [0.25, 0.3) is 5.95 Å². The molecule has 1 atom stereocenters. The average molecular weight is 258 g/mol. The Hall–Kier alpha value is -2.14. The summed E-state index contributed by atoms with van der Waals surface area (Å²) in [6.45, 7) is 7.40. The van der Waals surface area contributed by atoms with Crippen molar-refractivity contribution in [1.29, 1.82) is 0 Å². The minimum Gasteiger partial charge on any atom is -0.506 e. The molecule has 1 unspecified atom stereocenters. The van der Waals surface area contributed by atoms with E-state index in [-0.39, 0.29) is 6.10 Å². The third-order valence-corrected chi connectivity index (χ3v) is 2.46. The van der Waals surface area contributed by atoms with Crippen LogP contribution < -0.4 is 4.65 Å². The van der Waals surface area contributed by atoms with Crippen molar-refractivity contribution in [2.24, 2.45) is 0 Å². The Labute approximate surface area is 112 Å². The lowest BCUT2D eigenvalue weighted by molar-refractivity contribution is 0.150. The van der Waals surface area contributed by atoms with Gasteiger partial charge in [-0.15, -0.1) is 13.2 Å². The standard InChI is InChI=1S/C14H15BO4/c1-3-7-13(12-8-5-10-16-12)18-15(4-2)19-14-9-6-11-17-14/h3-6,8-11,13H,1-2,7H2. The van der Waals surface area contributed by atoms with Crippen molar-refractivity contribution in [3.63, 3.8) is 0 Å². The Kier molecular flexibility index (Phi) is 4.69. The van der Waals surface area contributed by atoms with Crippen LogP contribution in [0.1, 0.15) is 18.3 Å². The van der Waals surface area contributed by atoms with Crippen LogP contribution in [0.25, 0.3) is 0 Å². The van der Waals surface area contributed by atoms with Crippen molar-refractivity contribution < 1.29 is 18.1 Å². The summed E-state index contributed by atoms with van der Waals surface area (Å²) in [5.41, 5.74) is 0. The Morgan fingerprint density at radius 1 is 1.21 bits per heavy atom. The quantitative estimate of drug-likeness (QED) is 0.533. The van der Waals surface area contributed by atoms with Gasteiger partial charge < -0.3 is 18.1 Å². The molecule has 0 aliphatic heterocycles. The SMILES string of the molecule is C=CCC(OB(C=C)Oc1ccco1)c1ccco1. The smallest absolute Gasteiger partial charge is 0.506 e. The molecule has 4 nitrogen and oxygen atoms in total. The molecule has 2 aromatic heterocycles. The summed E-state index contributed by atoms with van der Waals surface area (Å²) in [5.74, 6) is 2.65. The highest BCUT2D eigenvalue weighted by Gasteiger charge is 2.24. The van der Waals surface area contributed by atoms with E-state index in [1.54, 1.807) is 30.4 Å². The molecular formula is C14H15BO4. The summed E-state index contributed by atoms with van der Waals surface area (Å²) in [4.78, 5) is 0. The monoisotopic (exact) mass is 258 g/mol. The average Bonchev–Trinajstić information content (AvgIpc) is 3.10. The van der Waals surface area contributed by atoms with E-state index in [0.29, 0.717) is 12.4 Å². The molecule has 0 N–H and O–H groups in total. The molecule has 0 saturated heterocycles. The summed E-state index contributed by atoms with van der Waals surface area (Å²) in [5, 5.41) is 0. The van der Waals surface area contributed by atoms with Crippen molar-refractivity contribution in [1.82, 2.24) is 0 Å². The van der Waals surface area contributed by atoms with Gasteiger partial charge in [-0.3, -0.25) is 0 Å². The van der Waals surface area contributed by atoms with Gasteiger partial charge in [0.15, 0.2) is 0 Å². The van der Waals surface area contributed by atoms with Gasteiger partial charge in [-0.2, -0.15) is 0 Å². The fraction of sp³-hybridized carbons (Fsp3) is 0.143. The first-order valence-corrected chi connectivity index (χ1v) is 5.96. The molecule has 0 saturated carbocycles. The summed E-state index contributed by atoms with van der Waals surface area (Å²) < 4.78 is 21.7. The van der Waals surface area contributed by atoms with Gasteiger partial charge in [0.05, 0.1) is 12.5 Å². The maximum Gasteiger partial charge on any atom is 0.557 e. The lowest BCUT2D eigenvalue weighted by atomic mass is 9.90. The third kappa shape index (κ3) is 3.66. The zero-order valence-corrected chi connectivity index (χ0v) is 10.5. The summed E-state index contributed by atoms with van der Waals surface area (Å²) in [7, 11) is -0.624. The minimum atomic E-state index is -0.624. The number of rotatable bonds is 8. The second-order valence-corrected chi connectivity index (χ2v) is 3.82. The lowest BCUT2D eigenvalue weighted by Gasteiger charge is -2.17. The second kappa shape index (κ2) is 6.71. The van der Waals surface area contributed by atoms with Crippen LogP contribution >= 0.6 is 0 Å². The molecule has 0 spiro atoms. The molecule has 2 heterocycles. The maximum absolute atomic E-state index is 5.79. The van der Waals surface area contributed by atoms with E-state index in [9.17, 15) is 0 Å². The van der Waals surface area contributed by atoms with Gasteiger partial charge in [0, 0.05) is 6.07 Å². The number of furan rings is 2. The molecular weight excluding hydrogens is 243 g/mol. The van der Waals surface area contributed by atoms with Crippen molar-refractivity contribution in [3.05, 3.63) is 67.8 Å². The van der Waals surface area contributed by atoms with Gasteiger partial charge in [-0.05, 0) is 30.6 Å². The molecule has 98 valence electrons. The summed E-state index contributed by atoms with van der Waals surface area (Å²) in [6.07, 6.45) is 5.24. The van der Waals surface area contributed by atoms with E-state index in [1.807, 2.05) is 12.1 Å². The van der Waals surface area contributed by atoms with E-state index >= 15 is 0 Å². The van der Waals surface area contributed by atoms with E-state index in [2.05, 4.69) is 13.2 Å². The minimum absolute atomic E-state index is 0.273. The van der Waals surface area contributed by atoms with Crippen LogP contribution in [0, 0.1) is 0 Å². The zero-order valence-electron chi connectivity index (χ0n) is 10.5. The first-order valence-electron chi connectivity index (χ1n) is 5.96. The van der Waals surface area contributed by atoms with Gasteiger partial charge in [0.2, 0.25) is 0 Å². The van der Waals surface area contributed by atoms with Crippen molar-refractivity contribution in [2.45, 2.75) is 12.5 Å². The molecule has 0 amide bonds. The van der Waals surface area contributed by atoms with Crippen LogP contribution in [0.15, 0.2) is 70.8 Å². The van der Waals surface area contributed by atoms with Crippen LogP contribution in [0.2, 0.25) is 0 Å². The molecule has 0 bridgehead atoms. The topological polar surface area (TPSA) is 44.7 Å². The van der Waals surface area contributed by atoms with Gasteiger partial charge in [-0.1, -0.05) is 6.08 Å². The van der Waals surface area contributed by atoms with Crippen molar-refractivity contribution in [3.8, 4) is 5.95 Å². The highest BCUT2D eigenvalue weighted by molar-refractivity contribution is 6.51. The highest BCUT2D eigenvalue weighted by Crippen LogP contribution is 2.24. The van der Waals surface area contributed by atoms with Crippen LogP contribution in [0.5, 0.6) is 5.95 Å². The fourth-order valence-corrected chi connectivity index (χ4v) is 1.60. The predicted octanol–water partition coefficient (Wildman–Crippen LogP) is 3.80. The molecule has 0 aromatic carbocycles. The van der Waals surface area contributed by atoms with E-state index < -0.39 is 7.12 Å². The van der Waals surface area contributed by atoms with Gasteiger partial charge in [-0.25, -0.2) is 0 Å². The Morgan fingerprint density at radius 3 is 2.58 bits per heavy atom. The van der Waals surface area contributed by atoms with Crippen LogP contribution in [0.4, 0.5) is 0 Å². The summed E-state index contributed by atoms with van der Waals surface area (Å²) >= 11 is 0. The molecule has 0 aliphatic carbocycles. The van der Waals surface area contributed by atoms with Gasteiger partial charge in [0.1, 0.15) is 11.9 Å². The predicted molar refractivity (Wildman–Crippen MR) is 72.6 cm³/mol. The van der Waals surface area contributed by atoms with Crippen LogP contribution in [-0.4, -0.2) is 7.12 Å². The molecule has 5 heteroatoms. The Balaban J connectivity index is 2.02. The van der Waals surface area contributed by atoms with E-state index in [0.717, 1.165) is 5.76 Å². The first kappa shape index (κ1) is 13.3. The Bertz CT molecular complexity index is 490. The van der Waals surface area contributed by atoms with E-state index in [4.69, 9.17) is 18.1 Å².